The number of phosphoric ester groups is 1. The molecule has 0 aliphatic carbocycles. The van der Waals surface area contributed by atoms with Gasteiger partial charge in [0.1, 0.15) is 0 Å². The summed E-state index contributed by atoms with van der Waals surface area (Å²) in [6, 6.07) is 13.1. The lowest BCUT2D eigenvalue weighted by Crippen LogP contribution is -2.38. The molecule has 0 aliphatic heterocycles. The standard InChI is InChI=1S/C14H17N2O5P/c1-16(14(17)15-8-9-21-22(18,19)20)13-7-6-11-4-2-3-5-12(11)10-13/h2-7,10H,8-9H2,1H3,(H,15,17)(H2,18,19,20). The van der Waals surface area contributed by atoms with Crippen LogP contribution in [0.25, 0.3) is 10.8 Å². The van der Waals surface area contributed by atoms with E-state index in [1.54, 1.807) is 7.05 Å². The lowest BCUT2D eigenvalue weighted by Gasteiger charge is -2.18. The fourth-order valence-corrected chi connectivity index (χ4v) is 2.27. The normalized spacial score (nSPS) is 11.4. The second-order valence-corrected chi connectivity index (χ2v) is 5.89. The third-order valence-corrected chi connectivity index (χ3v) is 3.58. The van der Waals surface area contributed by atoms with Crippen LogP contribution in [0.2, 0.25) is 0 Å². The molecule has 0 heterocycles. The van der Waals surface area contributed by atoms with Crippen LogP contribution in [0.15, 0.2) is 42.5 Å². The summed E-state index contributed by atoms with van der Waals surface area (Å²) in [4.78, 5) is 30.5. The molecular weight excluding hydrogens is 307 g/mol. The zero-order valence-corrected chi connectivity index (χ0v) is 12.9. The van der Waals surface area contributed by atoms with E-state index in [-0.39, 0.29) is 19.2 Å². The van der Waals surface area contributed by atoms with Crippen molar-refractivity contribution in [2.45, 2.75) is 0 Å². The molecule has 0 saturated carbocycles. The van der Waals surface area contributed by atoms with Crippen LogP contribution >= 0.6 is 7.82 Å². The zero-order valence-electron chi connectivity index (χ0n) is 12.0. The van der Waals surface area contributed by atoms with Crippen LogP contribution in [0, 0.1) is 0 Å². The van der Waals surface area contributed by atoms with Crippen LogP contribution in [0.5, 0.6) is 0 Å². The molecule has 0 aromatic heterocycles. The van der Waals surface area contributed by atoms with Gasteiger partial charge in [0.25, 0.3) is 0 Å². The summed E-state index contributed by atoms with van der Waals surface area (Å²) in [6.45, 7) is -0.260. The molecule has 0 radical (unpaired) electrons. The molecule has 7 nitrogen and oxygen atoms in total. The smallest absolute Gasteiger partial charge is 0.335 e. The number of carbonyl (C=O) groups is 1. The van der Waals surface area contributed by atoms with E-state index in [0.717, 1.165) is 10.8 Å². The Morgan fingerprint density at radius 3 is 2.59 bits per heavy atom. The molecule has 0 aliphatic rings. The number of hydrogen-bond acceptors (Lipinski definition) is 3. The van der Waals surface area contributed by atoms with Crippen molar-refractivity contribution in [2.24, 2.45) is 0 Å². The Morgan fingerprint density at radius 1 is 1.23 bits per heavy atom. The molecule has 118 valence electrons. The van der Waals surface area contributed by atoms with Crippen molar-refractivity contribution in [1.29, 1.82) is 0 Å². The maximum atomic E-state index is 12.0. The molecule has 3 N–H and O–H groups in total. The van der Waals surface area contributed by atoms with E-state index in [1.165, 1.54) is 4.90 Å². The first-order valence-corrected chi connectivity index (χ1v) is 8.10. The minimum absolute atomic E-state index is 0.00185. The summed E-state index contributed by atoms with van der Waals surface area (Å²) < 4.78 is 14.8. The molecule has 2 aromatic rings. The molecule has 0 bridgehead atoms. The first-order valence-electron chi connectivity index (χ1n) is 6.57. The Bertz CT molecular complexity index is 715. The monoisotopic (exact) mass is 324 g/mol. The highest BCUT2D eigenvalue weighted by Crippen LogP contribution is 2.35. The van der Waals surface area contributed by atoms with Crippen LogP contribution in [0.3, 0.4) is 0 Å². The van der Waals surface area contributed by atoms with Gasteiger partial charge < -0.3 is 15.1 Å². The van der Waals surface area contributed by atoms with E-state index in [4.69, 9.17) is 9.79 Å². The van der Waals surface area contributed by atoms with E-state index in [0.29, 0.717) is 5.69 Å². The predicted molar refractivity (Wildman–Crippen MR) is 83.7 cm³/mol. The average Bonchev–Trinajstić information content (AvgIpc) is 2.49. The summed E-state index contributed by atoms with van der Waals surface area (Å²) in [5, 5.41) is 4.62. The van der Waals surface area contributed by atoms with Crippen LogP contribution in [0.4, 0.5) is 10.5 Å². The quantitative estimate of drug-likeness (QED) is 0.578. The topological polar surface area (TPSA) is 99.1 Å². The predicted octanol–water partition coefficient (Wildman–Crippen LogP) is 2.09. The van der Waals surface area contributed by atoms with Crippen LogP contribution in [0.1, 0.15) is 0 Å². The largest absolute Gasteiger partial charge is 0.469 e. The van der Waals surface area contributed by atoms with Crippen LogP contribution in [-0.2, 0) is 9.09 Å². The minimum Gasteiger partial charge on any atom is -0.335 e. The van der Waals surface area contributed by atoms with E-state index in [1.807, 2.05) is 42.5 Å². The second kappa shape index (κ2) is 6.89. The number of nitrogens with zero attached hydrogens (tertiary/aromatic N) is 1. The maximum Gasteiger partial charge on any atom is 0.469 e. The third kappa shape index (κ3) is 4.54. The first kappa shape index (κ1) is 16.5. The van der Waals surface area contributed by atoms with Gasteiger partial charge in [-0.05, 0) is 22.9 Å². The molecule has 0 unspecified atom stereocenters. The molecule has 8 heteroatoms. The summed E-state index contributed by atoms with van der Waals surface area (Å²) in [7, 11) is -2.89. The number of phosphoric acid groups is 1. The maximum absolute atomic E-state index is 12.0. The van der Waals surface area contributed by atoms with Gasteiger partial charge in [0, 0.05) is 19.3 Å². The summed E-state index contributed by atoms with van der Waals surface area (Å²) in [5.74, 6) is 0. The Hall–Kier alpha value is -1.92. The summed E-state index contributed by atoms with van der Waals surface area (Å²) in [6.07, 6.45) is 0. The zero-order chi connectivity index (χ0) is 16.2. The molecule has 22 heavy (non-hydrogen) atoms. The van der Waals surface area contributed by atoms with Crippen molar-refractivity contribution in [3.8, 4) is 0 Å². The molecule has 0 fully saturated rings. The van der Waals surface area contributed by atoms with Gasteiger partial charge in [-0.2, -0.15) is 0 Å². The Labute approximate surface area is 127 Å². The van der Waals surface area contributed by atoms with E-state index >= 15 is 0 Å². The molecular formula is C14H17N2O5P. The number of benzene rings is 2. The van der Waals surface area contributed by atoms with Gasteiger partial charge in [0.05, 0.1) is 6.61 Å². The SMILES string of the molecule is CN(C(=O)NCCOP(=O)(O)O)c1ccc2ccccc2c1. The van der Waals surface area contributed by atoms with E-state index in [9.17, 15) is 9.36 Å². The van der Waals surface area contributed by atoms with E-state index < -0.39 is 7.82 Å². The van der Waals surface area contributed by atoms with Gasteiger partial charge >= 0.3 is 13.9 Å². The number of rotatable bonds is 5. The second-order valence-electron chi connectivity index (χ2n) is 4.65. The number of nitrogens with one attached hydrogen (secondary N) is 1. The van der Waals surface area contributed by atoms with Crippen molar-refractivity contribution in [3.63, 3.8) is 0 Å². The Balaban J connectivity index is 1.95. The number of hydrogen-bond donors (Lipinski definition) is 3. The van der Waals surface area contributed by atoms with Crippen molar-refractivity contribution in [1.82, 2.24) is 5.32 Å². The fraction of sp³-hybridized carbons (Fsp3) is 0.214. The van der Waals surface area contributed by atoms with E-state index in [2.05, 4.69) is 9.84 Å². The number of amides is 2. The first-order chi connectivity index (χ1) is 10.4. The average molecular weight is 324 g/mol. The summed E-state index contributed by atoms with van der Waals surface area (Å²) >= 11 is 0. The minimum atomic E-state index is -4.50. The molecule has 0 atom stereocenters. The van der Waals surface area contributed by atoms with Gasteiger partial charge in [-0.15, -0.1) is 0 Å². The van der Waals surface area contributed by atoms with Crippen LogP contribution in [-0.4, -0.2) is 36.0 Å². The highest BCUT2D eigenvalue weighted by molar-refractivity contribution is 7.46. The molecule has 0 spiro atoms. The van der Waals surface area contributed by atoms with Crippen molar-refractivity contribution < 1.29 is 23.7 Å². The highest BCUT2D eigenvalue weighted by Gasteiger charge is 2.14. The number of carbonyl (C=O) groups excluding carboxylic acids is 1. The Kier molecular flexibility index (Phi) is 5.15. The van der Waals surface area contributed by atoms with Gasteiger partial charge in [0.15, 0.2) is 0 Å². The summed E-state index contributed by atoms with van der Waals surface area (Å²) in [5.41, 5.74) is 0.715. The third-order valence-electron chi connectivity index (χ3n) is 3.06. The van der Waals surface area contributed by atoms with Gasteiger partial charge in [-0.25, -0.2) is 9.36 Å². The lowest BCUT2D eigenvalue weighted by atomic mass is 10.1. The molecule has 2 rings (SSSR count). The molecule has 0 saturated heterocycles. The Morgan fingerprint density at radius 2 is 1.91 bits per heavy atom. The van der Waals surface area contributed by atoms with Crippen molar-refractivity contribution in [3.05, 3.63) is 42.5 Å². The number of urea groups is 1. The number of anilines is 1. The highest BCUT2D eigenvalue weighted by atomic mass is 31.2. The fourth-order valence-electron chi connectivity index (χ4n) is 1.94. The van der Waals surface area contributed by atoms with Gasteiger partial charge in [-0.3, -0.25) is 9.42 Å². The van der Waals surface area contributed by atoms with Crippen LogP contribution < -0.4 is 10.2 Å². The number of fused-ring (bicyclic) bond motifs is 1. The lowest BCUT2D eigenvalue weighted by molar-refractivity contribution is 0.196. The molecule has 2 amide bonds. The van der Waals surface area contributed by atoms with Gasteiger partial charge in [-0.1, -0.05) is 30.3 Å². The van der Waals surface area contributed by atoms with Gasteiger partial charge in [0.2, 0.25) is 0 Å². The van der Waals surface area contributed by atoms with Crippen molar-refractivity contribution >= 4 is 30.3 Å². The molecule has 2 aromatic carbocycles. The van der Waals surface area contributed by atoms with Crippen molar-refractivity contribution in [2.75, 3.05) is 25.1 Å².